The molecule has 0 aliphatic heterocycles. The van der Waals surface area contributed by atoms with Gasteiger partial charge in [-0.3, -0.25) is 0 Å². The Balaban J connectivity index is 2.34. The van der Waals surface area contributed by atoms with Crippen molar-refractivity contribution in [3.63, 3.8) is 0 Å². The van der Waals surface area contributed by atoms with Crippen molar-refractivity contribution in [2.75, 3.05) is 27.7 Å². The van der Waals surface area contributed by atoms with Crippen LogP contribution in [0.3, 0.4) is 0 Å². The van der Waals surface area contributed by atoms with E-state index in [0.717, 1.165) is 16.3 Å². The van der Waals surface area contributed by atoms with Gasteiger partial charge in [0.2, 0.25) is 0 Å². The van der Waals surface area contributed by atoms with Crippen molar-refractivity contribution in [2.24, 2.45) is 11.8 Å². The van der Waals surface area contributed by atoms with Crippen molar-refractivity contribution in [1.82, 2.24) is 0 Å². The van der Waals surface area contributed by atoms with Crippen LogP contribution in [0.1, 0.15) is 39.0 Å². The summed E-state index contributed by atoms with van der Waals surface area (Å²) in [5.74, 6) is 1.97. The van der Waals surface area contributed by atoms with E-state index in [2.05, 4.69) is 28.1 Å². The van der Waals surface area contributed by atoms with E-state index in [1.807, 2.05) is 0 Å². The normalized spacial score (nSPS) is 31.4. The van der Waals surface area contributed by atoms with Crippen molar-refractivity contribution in [1.29, 1.82) is 0 Å². The van der Waals surface area contributed by atoms with Crippen molar-refractivity contribution in [3.05, 3.63) is 0 Å². The Bertz CT molecular complexity index is 146. The molecule has 0 aromatic heterocycles. The molecule has 0 amide bonds. The third-order valence-electron chi connectivity index (χ3n) is 3.18. The minimum atomic E-state index is 0.984. The van der Waals surface area contributed by atoms with Crippen molar-refractivity contribution in [2.45, 2.75) is 39.0 Å². The van der Waals surface area contributed by atoms with Gasteiger partial charge in [-0.15, -0.1) is 0 Å². The molecule has 1 aliphatic rings. The van der Waals surface area contributed by atoms with Gasteiger partial charge in [-0.2, -0.15) is 0 Å². The summed E-state index contributed by atoms with van der Waals surface area (Å²) in [4.78, 5) is 0. The topological polar surface area (TPSA) is 0 Å². The van der Waals surface area contributed by atoms with Crippen LogP contribution in [0, 0.1) is 11.8 Å². The largest absolute Gasteiger partial charge is 0.331 e. The van der Waals surface area contributed by atoms with E-state index < -0.39 is 0 Å². The minimum absolute atomic E-state index is 0.984. The molecule has 0 radical (unpaired) electrons. The monoisotopic (exact) mass is 184 g/mol. The first-order chi connectivity index (χ1) is 5.97. The molecule has 13 heavy (non-hydrogen) atoms. The maximum absolute atomic E-state index is 2.41. The average Bonchev–Trinajstić information content (AvgIpc) is 2.12. The van der Waals surface area contributed by atoms with Gasteiger partial charge in [0.05, 0.1) is 27.7 Å². The second-order valence-corrected chi connectivity index (χ2v) is 5.95. The molecule has 0 N–H and O–H groups in total. The molecular weight excluding hydrogens is 158 g/mol. The fraction of sp³-hybridized carbons (Fsp3) is 1.00. The second-order valence-electron chi connectivity index (χ2n) is 5.95. The molecule has 1 nitrogen and oxygen atoms in total. The van der Waals surface area contributed by atoms with Gasteiger partial charge in [-0.25, -0.2) is 0 Å². The van der Waals surface area contributed by atoms with Crippen LogP contribution in [-0.4, -0.2) is 32.2 Å². The van der Waals surface area contributed by atoms with Gasteiger partial charge in [-0.05, 0) is 18.8 Å². The fourth-order valence-electron chi connectivity index (χ4n) is 2.52. The Hall–Kier alpha value is -0.0400. The Labute approximate surface area is 83.7 Å². The zero-order valence-corrected chi connectivity index (χ0v) is 9.84. The predicted octanol–water partition coefficient (Wildman–Crippen LogP) is 2.91. The summed E-state index contributed by atoms with van der Waals surface area (Å²) in [6, 6.07) is 0. The fourth-order valence-corrected chi connectivity index (χ4v) is 2.52. The smallest absolute Gasteiger partial charge is 0.0809 e. The second kappa shape index (κ2) is 4.45. The van der Waals surface area contributed by atoms with Crippen molar-refractivity contribution in [3.8, 4) is 0 Å². The number of nitrogens with zero attached hydrogens (tertiary/aromatic N) is 1. The highest BCUT2D eigenvalue weighted by Crippen LogP contribution is 2.27. The van der Waals surface area contributed by atoms with Gasteiger partial charge in [0, 0.05) is 5.92 Å². The van der Waals surface area contributed by atoms with Crippen LogP contribution in [0.5, 0.6) is 0 Å². The van der Waals surface area contributed by atoms with Gasteiger partial charge in [0.25, 0.3) is 0 Å². The molecule has 2 atom stereocenters. The Morgan fingerprint density at radius 2 is 1.69 bits per heavy atom. The van der Waals surface area contributed by atoms with Crippen molar-refractivity contribution < 1.29 is 4.48 Å². The maximum Gasteiger partial charge on any atom is 0.0809 e. The molecule has 0 saturated heterocycles. The highest BCUT2D eigenvalue weighted by molar-refractivity contribution is 4.67. The van der Waals surface area contributed by atoms with Crippen LogP contribution in [0.25, 0.3) is 0 Å². The lowest BCUT2D eigenvalue weighted by molar-refractivity contribution is -0.874. The zero-order valence-electron chi connectivity index (χ0n) is 9.84. The molecule has 0 heterocycles. The van der Waals surface area contributed by atoms with E-state index in [1.165, 1.54) is 38.6 Å². The summed E-state index contributed by atoms with van der Waals surface area (Å²) < 4.78 is 1.14. The Morgan fingerprint density at radius 3 is 2.31 bits per heavy atom. The van der Waals surface area contributed by atoms with E-state index in [1.54, 1.807) is 0 Å². The molecular formula is C12H26N+. The summed E-state index contributed by atoms with van der Waals surface area (Å²) >= 11 is 0. The van der Waals surface area contributed by atoms with Gasteiger partial charge < -0.3 is 4.48 Å². The molecule has 1 heteroatoms. The highest BCUT2D eigenvalue weighted by Gasteiger charge is 2.21. The standard InChI is InChI=1S/C12H26N/c1-11-6-5-7-12(9-8-11)10-13(2,3)4/h11-12H,5-10H2,1-4H3/q+1/t11-,12-/m0/s1. The first-order valence-electron chi connectivity index (χ1n) is 5.78. The summed E-state index contributed by atoms with van der Waals surface area (Å²) in [5.41, 5.74) is 0. The summed E-state index contributed by atoms with van der Waals surface area (Å²) in [7, 11) is 6.94. The molecule has 0 bridgehead atoms. The van der Waals surface area contributed by atoms with E-state index in [-0.39, 0.29) is 0 Å². The average molecular weight is 184 g/mol. The molecule has 0 spiro atoms. The SMILES string of the molecule is C[C@H]1CCC[C@H](C[N+](C)(C)C)CC1. The molecule has 1 rings (SSSR count). The lowest BCUT2D eigenvalue weighted by Gasteiger charge is -2.28. The van der Waals surface area contributed by atoms with Crippen molar-refractivity contribution >= 4 is 0 Å². The van der Waals surface area contributed by atoms with E-state index in [4.69, 9.17) is 0 Å². The number of hydrogen-bond donors (Lipinski definition) is 0. The van der Waals surface area contributed by atoms with Gasteiger partial charge in [-0.1, -0.05) is 26.2 Å². The summed E-state index contributed by atoms with van der Waals surface area (Å²) in [6.07, 6.45) is 7.33. The van der Waals surface area contributed by atoms with E-state index >= 15 is 0 Å². The minimum Gasteiger partial charge on any atom is -0.331 e. The van der Waals surface area contributed by atoms with Crippen LogP contribution in [-0.2, 0) is 0 Å². The lowest BCUT2D eigenvalue weighted by atomic mass is 9.98. The molecule has 1 saturated carbocycles. The summed E-state index contributed by atoms with van der Waals surface area (Å²) in [5, 5.41) is 0. The molecule has 78 valence electrons. The molecule has 0 unspecified atom stereocenters. The van der Waals surface area contributed by atoms with Crippen LogP contribution in [0.4, 0.5) is 0 Å². The molecule has 0 aromatic carbocycles. The van der Waals surface area contributed by atoms with Crippen LogP contribution in [0.15, 0.2) is 0 Å². The third-order valence-corrected chi connectivity index (χ3v) is 3.18. The van der Waals surface area contributed by atoms with Crippen LogP contribution in [0.2, 0.25) is 0 Å². The Morgan fingerprint density at radius 1 is 1.00 bits per heavy atom. The zero-order chi connectivity index (χ0) is 9.90. The van der Waals surface area contributed by atoms with Gasteiger partial charge in [0.1, 0.15) is 0 Å². The number of quaternary nitrogens is 1. The van der Waals surface area contributed by atoms with Gasteiger partial charge in [0.15, 0.2) is 0 Å². The number of rotatable bonds is 2. The van der Waals surface area contributed by atoms with E-state index in [0.29, 0.717) is 0 Å². The highest BCUT2D eigenvalue weighted by atomic mass is 15.3. The first-order valence-corrected chi connectivity index (χ1v) is 5.78. The molecule has 1 fully saturated rings. The summed E-state index contributed by atoms with van der Waals surface area (Å²) in [6.45, 7) is 3.78. The van der Waals surface area contributed by atoms with Crippen LogP contribution < -0.4 is 0 Å². The van der Waals surface area contributed by atoms with E-state index in [9.17, 15) is 0 Å². The maximum atomic E-state index is 2.41. The quantitative estimate of drug-likeness (QED) is 0.457. The Kier molecular flexibility index (Phi) is 3.78. The first kappa shape index (κ1) is 11.0. The van der Waals surface area contributed by atoms with Gasteiger partial charge >= 0.3 is 0 Å². The number of hydrogen-bond acceptors (Lipinski definition) is 0. The molecule has 1 aliphatic carbocycles. The lowest BCUT2D eigenvalue weighted by Crippen LogP contribution is -2.39. The molecule has 0 aromatic rings. The third kappa shape index (κ3) is 4.66. The predicted molar refractivity (Wildman–Crippen MR) is 58.6 cm³/mol. The van der Waals surface area contributed by atoms with Crippen LogP contribution >= 0.6 is 0 Å².